The van der Waals surface area contributed by atoms with E-state index in [0.29, 0.717) is 23.1 Å². The van der Waals surface area contributed by atoms with Crippen molar-refractivity contribution < 1.29 is 9.47 Å². The molecule has 0 spiro atoms. The Balaban J connectivity index is 2.64. The number of ether oxygens (including phenoxy) is 2. The van der Waals surface area contributed by atoms with Gasteiger partial charge >= 0.3 is 0 Å². The van der Waals surface area contributed by atoms with E-state index in [1.165, 1.54) is 0 Å². The fourth-order valence-electron chi connectivity index (χ4n) is 1.89. The van der Waals surface area contributed by atoms with E-state index in [9.17, 15) is 0 Å². The number of hydrogen-bond donors (Lipinski definition) is 1. The molecule has 21 heavy (non-hydrogen) atoms. The Kier molecular flexibility index (Phi) is 5.05. The number of anilines is 1. The second kappa shape index (κ2) is 6.62. The number of aromatic nitrogens is 2. The molecule has 1 heterocycles. The van der Waals surface area contributed by atoms with E-state index >= 15 is 0 Å². The normalized spacial score (nSPS) is 10.5. The second-order valence-corrected chi connectivity index (χ2v) is 5.88. The summed E-state index contributed by atoms with van der Waals surface area (Å²) < 4.78 is 12.1. The highest BCUT2D eigenvalue weighted by Gasteiger charge is 2.16. The highest BCUT2D eigenvalue weighted by Crippen LogP contribution is 2.38. The van der Waals surface area contributed by atoms with Gasteiger partial charge in [-0.25, -0.2) is 9.97 Å². The molecule has 0 saturated heterocycles. The van der Waals surface area contributed by atoms with Gasteiger partial charge in [-0.1, -0.05) is 6.92 Å². The van der Waals surface area contributed by atoms with Crippen LogP contribution in [0.4, 0.5) is 5.82 Å². The highest BCUT2D eigenvalue weighted by atomic mass is 79.9. The Morgan fingerprint density at radius 2 is 1.71 bits per heavy atom. The summed E-state index contributed by atoms with van der Waals surface area (Å²) in [6, 6.07) is 3.65. The fraction of sp³-hybridized carbons (Fsp3) is 0.286. The standard InChI is InChI=1S/C14H15Br2N3O2/c1-4-9-12(16)13(17)19-14(18-9)7-5-10(20-2)11(21-3)6-8(7)15/h5-6H,4H2,1-3H3,(H2,17,18,19). The van der Waals surface area contributed by atoms with Gasteiger partial charge in [0.1, 0.15) is 5.82 Å². The van der Waals surface area contributed by atoms with Crippen molar-refractivity contribution in [2.75, 3.05) is 20.0 Å². The molecule has 0 aliphatic carbocycles. The van der Waals surface area contributed by atoms with E-state index in [4.69, 9.17) is 15.2 Å². The minimum absolute atomic E-state index is 0.415. The molecule has 5 nitrogen and oxygen atoms in total. The number of rotatable bonds is 4. The molecule has 0 bridgehead atoms. The summed E-state index contributed by atoms with van der Waals surface area (Å²) in [5.41, 5.74) is 7.60. The molecule has 2 N–H and O–H groups in total. The van der Waals surface area contributed by atoms with Crippen molar-refractivity contribution in [3.8, 4) is 22.9 Å². The maximum Gasteiger partial charge on any atom is 0.163 e. The van der Waals surface area contributed by atoms with Gasteiger partial charge in [0.25, 0.3) is 0 Å². The summed E-state index contributed by atoms with van der Waals surface area (Å²) >= 11 is 6.92. The number of aryl methyl sites for hydroxylation is 1. The first-order chi connectivity index (χ1) is 10.0. The monoisotopic (exact) mass is 415 g/mol. The van der Waals surface area contributed by atoms with Crippen LogP contribution in [-0.4, -0.2) is 24.2 Å². The minimum atomic E-state index is 0.415. The predicted octanol–water partition coefficient (Wildman–Crippen LogP) is 3.83. The quantitative estimate of drug-likeness (QED) is 0.819. The Morgan fingerprint density at radius 3 is 2.29 bits per heavy atom. The predicted molar refractivity (Wildman–Crippen MR) is 89.8 cm³/mol. The summed E-state index contributed by atoms with van der Waals surface area (Å²) in [6.45, 7) is 2.01. The molecular formula is C14H15Br2N3O2. The van der Waals surface area contributed by atoms with Crippen LogP contribution in [0.25, 0.3) is 11.4 Å². The molecule has 112 valence electrons. The molecule has 0 aliphatic rings. The highest BCUT2D eigenvalue weighted by molar-refractivity contribution is 9.11. The van der Waals surface area contributed by atoms with Gasteiger partial charge in [0, 0.05) is 10.0 Å². The van der Waals surface area contributed by atoms with Gasteiger partial charge in [-0.2, -0.15) is 0 Å². The second-order valence-electron chi connectivity index (χ2n) is 4.23. The zero-order chi connectivity index (χ0) is 15.6. The van der Waals surface area contributed by atoms with E-state index in [1.807, 2.05) is 19.1 Å². The maximum atomic E-state index is 5.94. The smallest absolute Gasteiger partial charge is 0.163 e. The van der Waals surface area contributed by atoms with Crippen molar-refractivity contribution >= 4 is 37.7 Å². The van der Waals surface area contributed by atoms with Gasteiger partial charge in [0.05, 0.1) is 24.4 Å². The van der Waals surface area contributed by atoms with Gasteiger partial charge in [-0.15, -0.1) is 0 Å². The van der Waals surface area contributed by atoms with Crippen LogP contribution in [0.15, 0.2) is 21.1 Å². The molecule has 0 radical (unpaired) electrons. The van der Waals surface area contributed by atoms with Gasteiger partial charge in [-0.3, -0.25) is 0 Å². The van der Waals surface area contributed by atoms with Crippen LogP contribution in [0.2, 0.25) is 0 Å². The van der Waals surface area contributed by atoms with E-state index in [0.717, 1.165) is 26.6 Å². The van der Waals surface area contributed by atoms with Crippen molar-refractivity contribution in [2.45, 2.75) is 13.3 Å². The first-order valence-corrected chi connectivity index (χ1v) is 7.84. The summed E-state index contributed by atoms with van der Waals surface area (Å²) in [7, 11) is 3.18. The summed E-state index contributed by atoms with van der Waals surface area (Å²) in [6.07, 6.45) is 0.755. The molecule has 2 rings (SSSR count). The van der Waals surface area contributed by atoms with Gasteiger partial charge in [0.15, 0.2) is 17.3 Å². The van der Waals surface area contributed by atoms with Crippen LogP contribution < -0.4 is 15.2 Å². The summed E-state index contributed by atoms with van der Waals surface area (Å²) in [5.74, 6) is 2.20. The van der Waals surface area contributed by atoms with Crippen molar-refractivity contribution in [3.63, 3.8) is 0 Å². The van der Waals surface area contributed by atoms with Crippen molar-refractivity contribution in [1.82, 2.24) is 9.97 Å². The minimum Gasteiger partial charge on any atom is -0.493 e. The largest absolute Gasteiger partial charge is 0.493 e. The van der Waals surface area contributed by atoms with Crippen molar-refractivity contribution in [3.05, 3.63) is 26.8 Å². The van der Waals surface area contributed by atoms with E-state index < -0.39 is 0 Å². The maximum absolute atomic E-state index is 5.94. The lowest BCUT2D eigenvalue weighted by atomic mass is 10.1. The van der Waals surface area contributed by atoms with Crippen LogP contribution in [0.1, 0.15) is 12.6 Å². The van der Waals surface area contributed by atoms with E-state index in [2.05, 4.69) is 41.8 Å². The number of nitrogens with zero attached hydrogens (tertiary/aromatic N) is 2. The molecule has 0 unspecified atom stereocenters. The molecule has 0 amide bonds. The van der Waals surface area contributed by atoms with Crippen molar-refractivity contribution in [2.24, 2.45) is 0 Å². The molecular weight excluding hydrogens is 402 g/mol. The topological polar surface area (TPSA) is 70.3 Å². The molecule has 0 aliphatic heterocycles. The molecule has 0 saturated carbocycles. The lowest BCUT2D eigenvalue weighted by Crippen LogP contribution is -2.03. The van der Waals surface area contributed by atoms with E-state index in [1.54, 1.807) is 14.2 Å². The van der Waals surface area contributed by atoms with Crippen LogP contribution in [-0.2, 0) is 6.42 Å². The number of nitrogens with two attached hydrogens (primary N) is 1. The molecule has 0 atom stereocenters. The van der Waals surface area contributed by atoms with Gasteiger partial charge in [0.2, 0.25) is 0 Å². The number of halogens is 2. The lowest BCUT2D eigenvalue weighted by Gasteiger charge is -2.13. The molecule has 1 aromatic carbocycles. The SMILES string of the molecule is CCc1nc(-c2cc(OC)c(OC)cc2Br)nc(N)c1Br. The van der Waals surface area contributed by atoms with Crippen LogP contribution in [0.5, 0.6) is 11.5 Å². The average molecular weight is 417 g/mol. The summed E-state index contributed by atoms with van der Waals surface area (Å²) in [4.78, 5) is 8.89. The Bertz CT molecular complexity index is 678. The van der Waals surface area contributed by atoms with Crippen LogP contribution in [0, 0.1) is 0 Å². The molecule has 1 aromatic heterocycles. The number of hydrogen-bond acceptors (Lipinski definition) is 5. The summed E-state index contributed by atoms with van der Waals surface area (Å²) in [5, 5.41) is 0. The first kappa shape index (κ1) is 16.0. The molecule has 7 heteroatoms. The molecule has 0 fully saturated rings. The number of methoxy groups -OCH3 is 2. The molecule has 2 aromatic rings. The third-order valence-electron chi connectivity index (χ3n) is 2.99. The Hall–Kier alpha value is -1.34. The average Bonchev–Trinajstić information content (AvgIpc) is 2.49. The van der Waals surface area contributed by atoms with Crippen molar-refractivity contribution in [1.29, 1.82) is 0 Å². The number of nitrogen functional groups attached to an aromatic ring is 1. The first-order valence-electron chi connectivity index (χ1n) is 6.25. The zero-order valence-electron chi connectivity index (χ0n) is 11.9. The number of benzene rings is 1. The zero-order valence-corrected chi connectivity index (χ0v) is 15.1. The van der Waals surface area contributed by atoms with E-state index in [-0.39, 0.29) is 0 Å². The van der Waals surface area contributed by atoms with Gasteiger partial charge < -0.3 is 15.2 Å². The van der Waals surface area contributed by atoms with Crippen LogP contribution >= 0.6 is 31.9 Å². The lowest BCUT2D eigenvalue weighted by molar-refractivity contribution is 0.355. The Morgan fingerprint density at radius 1 is 1.10 bits per heavy atom. The third-order valence-corrected chi connectivity index (χ3v) is 4.51. The fourth-order valence-corrected chi connectivity index (χ4v) is 2.85. The van der Waals surface area contributed by atoms with Gasteiger partial charge in [-0.05, 0) is 50.4 Å². The Labute approximate surface area is 140 Å². The third kappa shape index (κ3) is 3.13. The van der Waals surface area contributed by atoms with Crippen LogP contribution in [0.3, 0.4) is 0 Å².